The van der Waals surface area contributed by atoms with Gasteiger partial charge in [-0.3, -0.25) is 4.79 Å². The normalized spacial score (nSPS) is 15.9. The van der Waals surface area contributed by atoms with E-state index in [4.69, 9.17) is 17.3 Å². The molecular weight excluding hydrogens is 412 g/mol. The molecule has 8 nitrogen and oxygen atoms in total. The summed E-state index contributed by atoms with van der Waals surface area (Å²) in [4.78, 5) is 29.3. The number of allylic oxidation sites excluding steroid dienone is 1. The molecule has 1 aliphatic rings. The Morgan fingerprint density at radius 3 is 2.69 bits per heavy atom. The summed E-state index contributed by atoms with van der Waals surface area (Å²) in [6, 6.07) is 9.20. The van der Waals surface area contributed by atoms with Gasteiger partial charge in [0.05, 0.1) is 17.3 Å². The highest BCUT2D eigenvalue weighted by atomic mass is 35.5. The quantitative estimate of drug-likeness (QED) is 0.553. The number of nitriles is 1. The van der Waals surface area contributed by atoms with Gasteiger partial charge in [-0.1, -0.05) is 23.7 Å². The molecule has 10 heteroatoms. The summed E-state index contributed by atoms with van der Waals surface area (Å²) in [5.41, 5.74) is 7.84. The lowest BCUT2D eigenvalue weighted by atomic mass is 9.95. The number of carbonyl (C=O) groups is 2. The lowest BCUT2D eigenvalue weighted by Crippen LogP contribution is -2.46. The van der Waals surface area contributed by atoms with Crippen LogP contribution in [-0.2, 0) is 4.79 Å². The molecule has 0 bridgehead atoms. The average molecular weight is 429 g/mol. The van der Waals surface area contributed by atoms with Crippen LogP contribution in [0.25, 0.3) is 0 Å². The minimum absolute atomic E-state index is 0.211. The number of amides is 3. The molecule has 5 N–H and O–H groups in total. The average Bonchev–Trinajstić information content (AvgIpc) is 2.67. The van der Waals surface area contributed by atoms with Gasteiger partial charge < -0.3 is 21.7 Å². The second-order valence-corrected chi connectivity index (χ2v) is 7.40. The first-order valence-electron chi connectivity index (χ1n) is 8.43. The highest BCUT2D eigenvalue weighted by Gasteiger charge is 2.31. The fourth-order valence-corrected chi connectivity index (χ4v) is 3.63. The molecule has 2 heterocycles. The van der Waals surface area contributed by atoms with Crippen molar-refractivity contribution in [2.75, 3.05) is 17.3 Å². The van der Waals surface area contributed by atoms with E-state index in [0.29, 0.717) is 26.9 Å². The first-order chi connectivity index (χ1) is 13.8. The first kappa shape index (κ1) is 20.5. The first-order valence-corrected chi connectivity index (χ1v) is 10.0. The second kappa shape index (κ2) is 8.43. The van der Waals surface area contributed by atoms with Crippen LogP contribution in [0.5, 0.6) is 0 Å². The molecule has 1 unspecified atom stereocenters. The molecular formula is C19H17ClN6O2S. The zero-order valence-corrected chi connectivity index (χ0v) is 17.1. The molecule has 1 aromatic carbocycles. The van der Waals surface area contributed by atoms with E-state index in [-0.39, 0.29) is 17.1 Å². The van der Waals surface area contributed by atoms with Crippen LogP contribution >= 0.6 is 23.4 Å². The van der Waals surface area contributed by atoms with Gasteiger partial charge in [-0.2, -0.15) is 5.26 Å². The maximum Gasteiger partial charge on any atom is 0.319 e. The number of nitrogen functional groups attached to an aromatic ring is 1. The van der Waals surface area contributed by atoms with E-state index >= 15 is 0 Å². The van der Waals surface area contributed by atoms with Crippen molar-refractivity contribution in [3.05, 3.63) is 57.8 Å². The van der Waals surface area contributed by atoms with E-state index in [1.54, 1.807) is 37.4 Å². The zero-order chi connectivity index (χ0) is 21.1. The molecule has 148 valence electrons. The summed E-state index contributed by atoms with van der Waals surface area (Å²) in [7, 11) is 0. The molecule has 0 saturated heterocycles. The van der Waals surface area contributed by atoms with Gasteiger partial charge >= 0.3 is 6.03 Å². The zero-order valence-electron chi connectivity index (χ0n) is 15.5. The Bertz CT molecular complexity index is 1060. The number of hydrogen-bond acceptors (Lipinski definition) is 6. The van der Waals surface area contributed by atoms with Gasteiger partial charge in [-0.15, -0.1) is 11.8 Å². The number of aromatic nitrogens is 1. The van der Waals surface area contributed by atoms with E-state index in [1.807, 2.05) is 6.07 Å². The predicted molar refractivity (Wildman–Crippen MR) is 112 cm³/mol. The molecule has 29 heavy (non-hydrogen) atoms. The Balaban J connectivity index is 1.96. The summed E-state index contributed by atoms with van der Waals surface area (Å²) >= 11 is 7.20. The molecule has 0 aliphatic carbocycles. The predicted octanol–water partition coefficient (Wildman–Crippen LogP) is 3.18. The van der Waals surface area contributed by atoms with Gasteiger partial charge in [0.2, 0.25) is 0 Å². The molecule has 0 saturated carbocycles. The Kier molecular flexibility index (Phi) is 5.96. The third kappa shape index (κ3) is 4.29. The number of nitrogens with two attached hydrogens (primary N) is 1. The Morgan fingerprint density at radius 1 is 1.38 bits per heavy atom. The molecule has 1 aromatic heterocycles. The number of halogens is 1. The maximum absolute atomic E-state index is 13.1. The fourth-order valence-electron chi connectivity index (χ4n) is 2.95. The second-order valence-electron chi connectivity index (χ2n) is 6.17. The van der Waals surface area contributed by atoms with Crippen molar-refractivity contribution >= 4 is 46.8 Å². The topological polar surface area (TPSA) is 133 Å². The van der Waals surface area contributed by atoms with Gasteiger partial charge in [0.1, 0.15) is 22.5 Å². The van der Waals surface area contributed by atoms with Crippen LogP contribution in [0.4, 0.5) is 16.3 Å². The van der Waals surface area contributed by atoms with Gasteiger partial charge in [0, 0.05) is 16.8 Å². The SMILES string of the molecule is CSc1nc(NC(=O)C2=C(C)NC(=O)NC2c2ccc(Cl)cc2)cc(N)c1C#N. The molecule has 0 spiro atoms. The van der Waals surface area contributed by atoms with Crippen LogP contribution in [0.2, 0.25) is 5.02 Å². The highest BCUT2D eigenvalue weighted by Crippen LogP contribution is 2.30. The van der Waals surface area contributed by atoms with Gasteiger partial charge in [0.25, 0.3) is 5.91 Å². The Morgan fingerprint density at radius 2 is 2.07 bits per heavy atom. The lowest BCUT2D eigenvalue weighted by Gasteiger charge is -2.28. The van der Waals surface area contributed by atoms with Crippen LogP contribution < -0.4 is 21.7 Å². The number of urea groups is 1. The molecule has 2 aromatic rings. The molecule has 1 atom stereocenters. The number of pyridine rings is 1. The summed E-state index contributed by atoms with van der Waals surface area (Å²) < 4.78 is 0. The van der Waals surface area contributed by atoms with Crippen molar-refractivity contribution < 1.29 is 9.59 Å². The molecule has 3 rings (SSSR count). The van der Waals surface area contributed by atoms with Crippen molar-refractivity contribution in [1.82, 2.24) is 15.6 Å². The smallest absolute Gasteiger partial charge is 0.319 e. The van der Waals surface area contributed by atoms with Crippen molar-refractivity contribution in [1.29, 1.82) is 5.26 Å². The molecule has 3 amide bonds. The van der Waals surface area contributed by atoms with Crippen LogP contribution in [0.15, 0.2) is 46.6 Å². The summed E-state index contributed by atoms with van der Waals surface area (Å²) in [6.45, 7) is 1.64. The van der Waals surface area contributed by atoms with Gasteiger partial charge in [0.15, 0.2) is 0 Å². The number of nitrogens with one attached hydrogen (secondary N) is 3. The third-order valence-electron chi connectivity index (χ3n) is 4.28. The number of rotatable bonds is 4. The third-order valence-corrected chi connectivity index (χ3v) is 5.21. The standard InChI is InChI=1S/C19H17ClN6O2S/c1-9-15(16(26-19(28)23-9)10-3-5-11(20)6-4-10)17(27)24-14-7-13(22)12(8-21)18(25-14)29-2/h3-7,16H,1-2H3,(H2,23,26,28)(H3,22,24,25,27). The molecule has 0 fully saturated rings. The number of nitrogens with zero attached hydrogens (tertiary/aromatic N) is 2. The minimum atomic E-state index is -0.670. The fraction of sp³-hybridized carbons (Fsp3) is 0.158. The Labute approximate surface area is 176 Å². The van der Waals surface area contributed by atoms with E-state index in [9.17, 15) is 14.9 Å². The summed E-state index contributed by atoms with van der Waals surface area (Å²) in [6.07, 6.45) is 1.76. The van der Waals surface area contributed by atoms with Crippen molar-refractivity contribution in [2.45, 2.75) is 18.0 Å². The number of benzene rings is 1. The molecule has 0 radical (unpaired) electrons. The van der Waals surface area contributed by atoms with Gasteiger partial charge in [-0.25, -0.2) is 9.78 Å². The van der Waals surface area contributed by atoms with Crippen LogP contribution in [0.3, 0.4) is 0 Å². The maximum atomic E-state index is 13.1. The monoisotopic (exact) mass is 428 g/mol. The molecule has 1 aliphatic heterocycles. The number of anilines is 2. The number of hydrogen-bond donors (Lipinski definition) is 4. The van der Waals surface area contributed by atoms with Crippen LogP contribution in [0.1, 0.15) is 24.1 Å². The van der Waals surface area contributed by atoms with E-state index in [2.05, 4.69) is 20.9 Å². The summed E-state index contributed by atoms with van der Waals surface area (Å²) in [5, 5.41) is 18.2. The number of carbonyl (C=O) groups excluding carboxylic acids is 2. The van der Waals surface area contributed by atoms with Crippen molar-refractivity contribution in [3.8, 4) is 6.07 Å². The summed E-state index contributed by atoms with van der Waals surface area (Å²) in [5.74, 6) is -0.249. The van der Waals surface area contributed by atoms with E-state index in [0.717, 1.165) is 0 Å². The minimum Gasteiger partial charge on any atom is -0.397 e. The van der Waals surface area contributed by atoms with Crippen molar-refractivity contribution in [2.24, 2.45) is 0 Å². The number of thioether (sulfide) groups is 1. The van der Waals surface area contributed by atoms with Crippen LogP contribution in [0, 0.1) is 11.3 Å². The van der Waals surface area contributed by atoms with E-state index in [1.165, 1.54) is 17.8 Å². The largest absolute Gasteiger partial charge is 0.397 e. The lowest BCUT2D eigenvalue weighted by molar-refractivity contribution is -0.113. The highest BCUT2D eigenvalue weighted by molar-refractivity contribution is 7.98. The van der Waals surface area contributed by atoms with Crippen LogP contribution in [-0.4, -0.2) is 23.2 Å². The van der Waals surface area contributed by atoms with Crippen molar-refractivity contribution in [3.63, 3.8) is 0 Å². The Hall–Kier alpha value is -3.22. The van der Waals surface area contributed by atoms with E-state index < -0.39 is 18.0 Å². The van der Waals surface area contributed by atoms with Gasteiger partial charge in [-0.05, 0) is 30.9 Å².